The maximum Gasteiger partial charge on any atom is 0.421 e. The molecule has 0 saturated carbocycles. The molecule has 1 amide bonds. The van der Waals surface area contributed by atoms with Crippen molar-refractivity contribution >= 4 is 33.5 Å². The smallest absolute Gasteiger partial charge is 0.421 e. The molecule has 0 aliphatic rings. The van der Waals surface area contributed by atoms with Gasteiger partial charge in [-0.2, -0.15) is 13.1 Å². The van der Waals surface area contributed by atoms with Crippen LogP contribution < -0.4 is 15.2 Å². The summed E-state index contributed by atoms with van der Waals surface area (Å²) in [5.41, 5.74) is 6.77. The standard InChI is InChI=1S/C11H15N3O4S2/c1-2-18-11(15)14-20(16,17)13-7-8-4-3-5-9(6-8)10(12)19/h3-6,13H,2,7H2,1H3,(H2,12,19)(H,14,15). The van der Waals surface area contributed by atoms with Crippen LogP contribution in [0.5, 0.6) is 0 Å². The maximum atomic E-state index is 11.5. The first-order valence-corrected chi connectivity index (χ1v) is 7.56. The van der Waals surface area contributed by atoms with Crippen LogP contribution in [0.1, 0.15) is 18.1 Å². The average Bonchev–Trinajstić information content (AvgIpc) is 2.36. The van der Waals surface area contributed by atoms with E-state index in [0.29, 0.717) is 11.1 Å². The first-order chi connectivity index (χ1) is 9.34. The largest absolute Gasteiger partial charge is 0.449 e. The van der Waals surface area contributed by atoms with Crippen molar-refractivity contribution in [2.24, 2.45) is 5.73 Å². The fraction of sp³-hybridized carbons (Fsp3) is 0.273. The van der Waals surface area contributed by atoms with E-state index in [1.54, 1.807) is 35.9 Å². The highest BCUT2D eigenvalue weighted by Gasteiger charge is 2.14. The van der Waals surface area contributed by atoms with Crippen molar-refractivity contribution in [3.63, 3.8) is 0 Å². The van der Waals surface area contributed by atoms with Crippen molar-refractivity contribution in [3.05, 3.63) is 35.4 Å². The van der Waals surface area contributed by atoms with Gasteiger partial charge in [-0.1, -0.05) is 30.4 Å². The van der Waals surface area contributed by atoms with Crippen molar-refractivity contribution in [2.75, 3.05) is 6.61 Å². The molecule has 7 nitrogen and oxygen atoms in total. The second-order valence-electron chi connectivity index (χ2n) is 3.71. The Morgan fingerprint density at radius 3 is 2.75 bits per heavy atom. The van der Waals surface area contributed by atoms with E-state index >= 15 is 0 Å². The van der Waals surface area contributed by atoms with Crippen LogP contribution in [0.4, 0.5) is 4.79 Å². The summed E-state index contributed by atoms with van der Waals surface area (Å²) in [5.74, 6) is 0. The molecular formula is C11H15N3O4S2. The van der Waals surface area contributed by atoms with E-state index in [4.69, 9.17) is 18.0 Å². The molecule has 0 bridgehead atoms. The van der Waals surface area contributed by atoms with Crippen molar-refractivity contribution in [2.45, 2.75) is 13.5 Å². The Kier molecular flexibility index (Phi) is 5.86. The molecule has 0 aliphatic carbocycles. The van der Waals surface area contributed by atoms with E-state index in [1.807, 2.05) is 0 Å². The number of nitrogens with one attached hydrogen (secondary N) is 2. The molecule has 0 spiro atoms. The predicted octanol–water partition coefficient (Wildman–Crippen LogP) is 0.401. The fourth-order valence-corrected chi connectivity index (χ4v) is 2.15. The van der Waals surface area contributed by atoms with E-state index < -0.39 is 16.3 Å². The van der Waals surface area contributed by atoms with E-state index in [2.05, 4.69) is 9.46 Å². The molecule has 0 unspecified atom stereocenters. The van der Waals surface area contributed by atoms with Crippen LogP contribution in [-0.2, 0) is 21.5 Å². The summed E-state index contributed by atoms with van der Waals surface area (Å²) in [6.07, 6.45) is -1.03. The summed E-state index contributed by atoms with van der Waals surface area (Å²) in [6, 6.07) is 6.79. The molecule has 20 heavy (non-hydrogen) atoms. The third kappa shape index (κ3) is 5.51. The molecule has 1 aromatic rings. The molecule has 0 fully saturated rings. The Morgan fingerprint density at radius 2 is 2.15 bits per heavy atom. The third-order valence-electron chi connectivity index (χ3n) is 2.17. The molecule has 9 heteroatoms. The third-order valence-corrected chi connectivity index (χ3v) is 3.37. The summed E-state index contributed by atoms with van der Waals surface area (Å²) in [5, 5.41) is 0. The molecule has 0 saturated heterocycles. The van der Waals surface area contributed by atoms with Gasteiger partial charge < -0.3 is 10.5 Å². The van der Waals surface area contributed by atoms with Crippen LogP contribution in [0.25, 0.3) is 0 Å². The maximum absolute atomic E-state index is 11.5. The topological polar surface area (TPSA) is 111 Å². The lowest BCUT2D eigenvalue weighted by molar-refractivity contribution is 0.158. The number of thiocarbonyl (C=S) groups is 1. The molecule has 110 valence electrons. The summed E-state index contributed by atoms with van der Waals surface area (Å²) in [6.45, 7) is 1.64. The summed E-state index contributed by atoms with van der Waals surface area (Å²) in [7, 11) is -3.97. The van der Waals surface area contributed by atoms with Crippen LogP contribution in [0.2, 0.25) is 0 Å². The highest BCUT2D eigenvalue weighted by Crippen LogP contribution is 2.05. The minimum Gasteiger partial charge on any atom is -0.449 e. The molecule has 0 heterocycles. The number of rotatable bonds is 6. The van der Waals surface area contributed by atoms with Gasteiger partial charge in [-0.3, -0.25) is 0 Å². The predicted molar refractivity (Wildman–Crippen MR) is 78.2 cm³/mol. The van der Waals surface area contributed by atoms with E-state index in [0.717, 1.165) is 0 Å². The number of benzene rings is 1. The fourth-order valence-electron chi connectivity index (χ4n) is 1.32. The molecule has 0 aliphatic heterocycles. The van der Waals surface area contributed by atoms with Crippen molar-refractivity contribution < 1.29 is 17.9 Å². The molecule has 4 N–H and O–H groups in total. The molecule has 1 aromatic carbocycles. The van der Waals surface area contributed by atoms with Gasteiger partial charge in [-0.15, -0.1) is 0 Å². The lowest BCUT2D eigenvalue weighted by Gasteiger charge is -2.09. The van der Waals surface area contributed by atoms with Gasteiger partial charge >= 0.3 is 16.3 Å². The van der Waals surface area contributed by atoms with Crippen molar-refractivity contribution in [3.8, 4) is 0 Å². The van der Waals surface area contributed by atoms with Crippen LogP contribution >= 0.6 is 12.2 Å². The van der Waals surface area contributed by atoms with Crippen LogP contribution in [0, 0.1) is 0 Å². The number of carbonyl (C=O) groups is 1. The molecule has 0 aromatic heterocycles. The highest BCUT2D eigenvalue weighted by atomic mass is 32.2. The van der Waals surface area contributed by atoms with E-state index in [1.165, 1.54) is 0 Å². The monoisotopic (exact) mass is 317 g/mol. The zero-order valence-electron chi connectivity index (χ0n) is 10.8. The highest BCUT2D eigenvalue weighted by molar-refractivity contribution is 7.88. The lowest BCUT2D eigenvalue weighted by Crippen LogP contribution is -2.40. The van der Waals surface area contributed by atoms with Gasteiger partial charge in [-0.25, -0.2) is 9.52 Å². The zero-order valence-corrected chi connectivity index (χ0v) is 12.4. The van der Waals surface area contributed by atoms with E-state index in [-0.39, 0.29) is 18.1 Å². The molecule has 1 rings (SSSR count). The number of carbonyl (C=O) groups excluding carboxylic acids is 1. The number of hydrogen-bond acceptors (Lipinski definition) is 5. The van der Waals surface area contributed by atoms with Crippen LogP contribution in [0.3, 0.4) is 0 Å². The van der Waals surface area contributed by atoms with Gasteiger partial charge in [0.15, 0.2) is 0 Å². The van der Waals surface area contributed by atoms with Crippen LogP contribution in [0.15, 0.2) is 24.3 Å². The number of amides is 1. The average molecular weight is 317 g/mol. The number of ether oxygens (including phenoxy) is 1. The Balaban J connectivity index is 2.64. The van der Waals surface area contributed by atoms with Gasteiger partial charge in [0.05, 0.1) is 6.61 Å². The first kappa shape index (κ1) is 16.3. The second-order valence-corrected chi connectivity index (χ2v) is 5.65. The summed E-state index contributed by atoms with van der Waals surface area (Å²) < 4.78 is 31.5. The number of nitrogens with two attached hydrogens (primary N) is 1. The van der Waals surface area contributed by atoms with Gasteiger partial charge in [0.1, 0.15) is 4.99 Å². The Bertz CT molecular complexity index is 601. The van der Waals surface area contributed by atoms with Crippen molar-refractivity contribution in [1.82, 2.24) is 9.44 Å². The second kappa shape index (κ2) is 7.17. The summed E-state index contributed by atoms with van der Waals surface area (Å²) in [4.78, 5) is 11.2. The molecular weight excluding hydrogens is 302 g/mol. The lowest BCUT2D eigenvalue weighted by atomic mass is 10.1. The molecule has 0 radical (unpaired) electrons. The molecule has 0 atom stereocenters. The first-order valence-electron chi connectivity index (χ1n) is 5.67. The Hall–Kier alpha value is -1.71. The SMILES string of the molecule is CCOC(=O)NS(=O)(=O)NCc1cccc(C(N)=S)c1. The quantitative estimate of drug-likeness (QED) is 0.655. The normalized spacial score (nSPS) is 10.8. The minimum atomic E-state index is -3.97. The Labute approximate surface area is 122 Å². The van der Waals surface area contributed by atoms with Gasteiger partial charge in [0, 0.05) is 12.1 Å². The minimum absolute atomic E-state index is 0.00874. The van der Waals surface area contributed by atoms with E-state index in [9.17, 15) is 13.2 Å². The van der Waals surface area contributed by atoms with Gasteiger partial charge in [0.2, 0.25) is 0 Å². The van der Waals surface area contributed by atoms with Crippen LogP contribution in [-0.4, -0.2) is 26.1 Å². The number of hydrogen-bond donors (Lipinski definition) is 3. The summed E-state index contributed by atoms with van der Waals surface area (Å²) >= 11 is 4.83. The Morgan fingerprint density at radius 1 is 1.45 bits per heavy atom. The van der Waals surface area contributed by atoms with Crippen molar-refractivity contribution in [1.29, 1.82) is 0 Å². The zero-order chi connectivity index (χ0) is 15.2. The van der Waals surface area contributed by atoms with Gasteiger partial charge in [0.25, 0.3) is 0 Å². The van der Waals surface area contributed by atoms with Gasteiger partial charge in [-0.05, 0) is 18.6 Å².